The largest absolute Gasteiger partial charge is 0.353 e. The van der Waals surface area contributed by atoms with Crippen LogP contribution in [-0.2, 0) is 0 Å². The molecule has 0 radical (unpaired) electrons. The topological polar surface area (TPSA) is 71.3 Å². The number of hydrogen-bond acceptors (Lipinski definition) is 5. The number of nitrogens with zero attached hydrogens (tertiary/aromatic N) is 5. The zero-order valence-electron chi connectivity index (χ0n) is 15.4. The molecule has 0 bridgehead atoms. The van der Waals surface area contributed by atoms with Crippen molar-refractivity contribution in [3.8, 4) is 5.69 Å². The predicted molar refractivity (Wildman–Crippen MR) is 107 cm³/mol. The van der Waals surface area contributed by atoms with Gasteiger partial charge in [-0.25, -0.2) is 0 Å². The maximum atomic E-state index is 12.7. The molecule has 1 saturated heterocycles. The molecule has 7 nitrogen and oxygen atoms in total. The van der Waals surface area contributed by atoms with Crippen LogP contribution in [0.5, 0.6) is 0 Å². The number of para-hydroxylation sites is 1. The van der Waals surface area contributed by atoms with Crippen molar-refractivity contribution in [2.24, 2.45) is 0 Å². The first-order valence-electron chi connectivity index (χ1n) is 9.32. The molecule has 1 aliphatic heterocycles. The summed E-state index contributed by atoms with van der Waals surface area (Å²) in [7, 11) is 0. The molecule has 3 heterocycles. The molecule has 1 fully saturated rings. The summed E-state index contributed by atoms with van der Waals surface area (Å²) in [6.07, 6.45) is 4.10. The third kappa shape index (κ3) is 3.78. The van der Waals surface area contributed by atoms with Crippen molar-refractivity contribution < 1.29 is 4.79 Å². The van der Waals surface area contributed by atoms with Gasteiger partial charge < -0.3 is 9.80 Å². The van der Waals surface area contributed by atoms with Gasteiger partial charge in [-0.3, -0.25) is 14.6 Å². The van der Waals surface area contributed by atoms with Crippen LogP contribution in [0.4, 0.5) is 5.82 Å². The summed E-state index contributed by atoms with van der Waals surface area (Å²) in [5.41, 5.74) is 1.22. The molecule has 2 aromatic heterocycles. The van der Waals surface area contributed by atoms with Gasteiger partial charge in [-0.1, -0.05) is 18.2 Å². The summed E-state index contributed by atoms with van der Waals surface area (Å²) < 4.78 is 1.42. The number of benzene rings is 1. The van der Waals surface area contributed by atoms with E-state index in [2.05, 4.69) is 15.0 Å². The second-order valence-electron chi connectivity index (χ2n) is 6.65. The molecule has 0 unspecified atom stereocenters. The molecule has 0 aliphatic carbocycles. The highest BCUT2D eigenvalue weighted by atomic mass is 16.2. The highest BCUT2D eigenvalue weighted by Gasteiger charge is 2.21. The van der Waals surface area contributed by atoms with Crippen LogP contribution < -0.4 is 10.5 Å². The first-order valence-corrected chi connectivity index (χ1v) is 9.32. The highest BCUT2D eigenvalue weighted by Crippen LogP contribution is 2.15. The highest BCUT2D eigenvalue weighted by molar-refractivity contribution is 5.94. The molecule has 3 aromatic rings. The van der Waals surface area contributed by atoms with Crippen molar-refractivity contribution >= 4 is 11.7 Å². The van der Waals surface area contributed by atoms with Crippen LogP contribution in [0.15, 0.2) is 71.8 Å². The van der Waals surface area contributed by atoms with Crippen LogP contribution in [-0.4, -0.2) is 51.8 Å². The van der Waals surface area contributed by atoms with Gasteiger partial charge in [0.25, 0.3) is 11.5 Å². The molecule has 1 aliphatic rings. The van der Waals surface area contributed by atoms with E-state index in [9.17, 15) is 9.59 Å². The third-order valence-corrected chi connectivity index (χ3v) is 4.82. The molecular weight excluding hydrogens is 354 g/mol. The second kappa shape index (κ2) is 8.04. The average Bonchev–Trinajstić information content (AvgIpc) is 3.01. The predicted octanol–water partition coefficient (Wildman–Crippen LogP) is 1.98. The van der Waals surface area contributed by atoms with E-state index in [0.717, 1.165) is 24.5 Å². The van der Waals surface area contributed by atoms with Crippen molar-refractivity contribution in [1.82, 2.24) is 19.7 Å². The Hall–Kier alpha value is -3.48. The standard InChI is InChI=1S/C21H21N5O2/c27-20-8-7-19(23-26(20)18-5-2-1-3-6-18)24-13-4-14-25(16-15-24)21(28)17-9-11-22-12-10-17/h1-3,5-12H,4,13-16H2. The van der Waals surface area contributed by atoms with Crippen LogP contribution in [0.3, 0.4) is 0 Å². The molecule has 142 valence electrons. The summed E-state index contributed by atoms with van der Waals surface area (Å²) in [5.74, 6) is 0.758. The number of aromatic nitrogens is 3. The van der Waals surface area contributed by atoms with Gasteiger partial charge in [0.1, 0.15) is 5.82 Å². The summed E-state index contributed by atoms with van der Waals surface area (Å²) in [6.45, 7) is 2.74. The lowest BCUT2D eigenvalue weighted by molar-refractivity contribution is 0.0767. The summed E-state index contributed by atoms with van der Waals surface area (Å²) >= 11 is 0. The first kappa shape index (κ1) is 17.9. The number of carbonyl (C=O) groups excluding carboxylic acids is 1. The SMILES string of the molecule is O=C(c1ccncc1)N1CCCN(c2ccc(=O)n(-c3ccccc3)n2)CC1. The summed E-state index contributed by atoms with van der Waals surface area (Å²) in [5, 5.41) is 4.55. The maximum absolute atomic E-state index is 12.7. The lowest BCUT2D eigenvalue weighted by atomic mass is 10.2. The fourth-order valence-corrected chi connectivity index (χ4v) is 3.35. The molecule has 0 atom stereocenters. The fraction of sp³-hybridized carbons (Fsp3) is 0.238. The Morgan fingerprint density at radius 2 is 1.64 bits per heavy atom. The number of rotatable bonds is 3. The first-order chi connectivity index (χ1) is 13.7. The Morgan fingerprint density at radius 1 is 0.857 bits per heavy atom. The molecule has 1 aromatic carbocycles. The fourth-order valence-electron chi connectivity index (χ4n) is 3.35. The molecule has 0 saturated carbocycles. The normalized spacial score (nSPS) is 14.6. The Kier molecular flexibility index (Phi) is 5.14. The third-order valence-electron chi connectivity index (χ3n) is 4.82. The monoisotopic (exact) mass is 375 g/mol. The Morgan fingerprint density at radius 3 is 2.43 bits per heavy atom. The van der Waals surface area contributed by atoms with E-state index in [0.29, 0.717) is 25.2 Å². The van der Waals surface area contributed by atoms with E-state index < -0.39 is 0 Å². The minimum Gasteiger partial charge on any atom is -0.353 e. The van der Waals surface area contributed by atoms with Crippen molar-refractivity contribution in [1.29, 1.82) is 0 Å². The molecule has 28 heavy (non-hydrogen) atoms. The Labute approximate surface area is 162 Å². The van der Waals surface area contributed by atoms with Crippen molar-refractivity contribution in [2.45, 2.75) is 6.42 Å². The minimum atomic E-state index is -0.167. The van der Waals surface area contributed by atoms with Gasteiger partial charge in [0, 0.05) is 50.2 Å². The van der Waals surface area contributed by atoms with E-state index in [4.69, 9.17) is 0 Å². The second-order valence-corrected chi connectivity index (χ2v) is 6.65. The van der Waals surface area contributed by atoms with Crippen LogP contribution >= 0.6 is 0 Å². The number of hydrogen-bond donors (Lipinski definition) is 0. The Bertz CT molecular complexity index is 1000. The quantitative estimate of drug-likeness (QED) is 0.700. The van der Waals surface area contributed by atoms with Crippen LogP contribution in [0.1, 0.15) is 16.8 Å². The van der Waals surface area contributed by atoms with Gasteiger partial charge in [-0.15, -0.1) is 5.10 Å². The van der Waals surface area contributed by atoms with E-state index in [1.54, 1.807) is 36.7 Å². The zero-order valence-corrected chi connectivity index (χ0v) is 15.4. The minimum absolute atomic E-state index is 0.0199. The molecule has 7 heteroatoms. The van der Waals surface area contributed by atoms with Crippen LogP contribution in [0, 0.1) is 0 Å². The smallest absolute Gasteiger partial charge is 0.271 e. The number of anilines is 1. The zero-order chi connectivity index (χ0) is 19.3. The summed E-state index contributed by atoms with van der Waals surface area (Å²) in [6, 6.07) is 16.1. The molecule has 1 amide bonds. The van der Waals surface area contributed by atoms with Gasteiger partial charge in [0.15, 0.2) is 0 Å². The van der Waals surface area contributed by atoms with Gasteiger partial charge in [0.2, 0.25) is 0 Å². The number of amides is 1. The number of pyridine rings is 1. The van der Waals surface area contributed by atoms with Gasteiger partial charge in [0.05, 0.1) is 5.69 Å². The maximum Gasteiger partial charge on any atom is 0.271 e. The van der Waals surface area contributed by atoms with Crippen molar-refractivity contribution in [3.63, 3.8) is 0 Å². The summed E-state index contributed by atoms with van der Waals surface area (Å²) in [4.78, 5) is 32.9. The van der Waals surface area contributed by atoms with Crippen LogP contribution in [0.2, 0.25) is 0 Å². The van der Waals surface area contributed by atoms with Crippen molar-refractivity contribution in [3.05, 3.63) is 82.9 Å². The van der Waals surface area contributed by atoms with E-state index >= 15 is 0 Å². The molecule has 0 N–H and O–H groups in total. The van der Waals surface area contributed by atoms with Crippen molar-refractivity contribution in [2.75, 3.05) is 31.1 Å². The van der Waals surface area contributed by atoms with E-state index in [-0.39, 0.29) is 11.5 Å². The lowest BCUT2D eigenvalue weighted by Crippen LogP contribution is -2.36. The molecule has 0 spiro atoms. The average molecular weight is 375 g/mol. The lowest BCUT2D eigenvalue weighted by Gasteiger charge is -2.23. The number of carbonyl (C=O) groups is 1. The Balaban J connectivity index is 1.52. The van der Waals surface area contributed by atoms with E-state index in [1.807, 2.05) is 35.2 Å². The van der Waals surface area contributed by atoms with Crippen LogP contribution in [0.25, 0.3) is 5.69 Å². The molecular formula is C21H21N5O2. The van der Waals surface area contributed by atoms with Gasteiger partial charge in [-0.05, 0) is 36.8 Å². The molecule has 4 rings (SSSR count). The van der Waals surface area contributed by atoms with Gasteiger partial charge in [-0.2, -0.15) is 4.68 Å². The van der Waals surface area contributed by atoms with E-state index in [1.165, 1.54) is 4.68 Å². The van der Waals surface area contributed by atoms with Gasteiger partial charge >= 0.3 is 0 Å².